The Morgan fingerprint density at radius 2 is 1.82 bits per heavy atom. The van der Waals surface area contributed by atoms with E-state index in [-0.39, 0.29) is 5.75 Å². The number of halogens is 2. The van der Waals surface area contributed by atoms with Crippen molar-refractivity contribution in [3.8, 4) is 5.75 Å². The fraction of sp³-hybridized carbons (Fsp3) is 0.500. The molecule has 2 N–H and O–H groups in total. The van der Waals surface area contributed by atoms with Crippen molar-refractivity contribution in [3.05, 3.63) is 29.3 Å². The molecule has 0 radical (unpaired) electrons. The van der Waals surface area contributed by atoms with Gasteiger partial charge in [-0.25, -0.2) is 8.78 Å². The van der Waals surface area contributed by atoms with Crippen LogP contribution < -0.4 is 15.4 Å². The van der Waals surface area contributed by atoms with E-state index in [1.165, 1.54) is 7.11 Å². The van der Waals surface area contributed by atoms with E-state index in [2.05, 4.69) is 10.6 Å². The van der Waals surface area contributed by atoms with E-state index in [4.69, 9.17) is 4.74 Å². The fourth-order valence-electron chi connectivity index (χ4n) is 1.44. The van der Waals surface area contributed by atoms with Crippen molar-refractivity contribution in [2.45, 2.75) is 13.5 Å². The van der Waals surface area contributed by atoms with E-state index in [0.717, 1.165) is 25.2 Å². The van der Waals surface area contributed by atoms with Gasteiger partial charge in [-0.3, -0.25) is 0 Å². The van der Waals surface area contributed by atoms with Gasteiger partial charge < -0.3 is 15.4 Å². The summed E-state index contributed by atoms with van der Waals surface area (Å²) in [6.07, 6.45) is 0. The van der Waals surface area contributed by atoms with Crippen molar-refractivity contribution in [1.29, 1.82) is 0 Å². The second-order valence-electron chi connectivity index (χ2n) is 3.61. The molecule has 0 bridgehead atoms. The molecule has 3 nitrogen and oxygen atoms in total. The topological polar surface area (TPSA) is 33.3 Å². The molecule has 0 atom stereocenters. The normalized spacial score (nSPS) is 10.6. The Kier molecular flexibility index (Phi) is 5.86. The summed E-state index contributed by atoms with van der Waals surface area (Å²) in [5.74, 6) is -1.07. The van der Waals surface area contributed by atoms with Crippen LogP contribution in [0.4, 0.5) is 8.78 Å². The third kappa shape index (κ3) is 4.28. The molecule has 0 saturated heterocycles. The lowest BCUT2D eigenvalue weighted by molar-refractivity contribution is 0.381. The Bertz CT molecular complexity index is 359. The highest BCUT2D eigenvalue weighted by Crippen LogP contribution is 2.20. The van der Waals surface area contributed by atoms with Crippen molar-refractivity contribution in [2.24, 2.45) is 0 Å². The van der Waals surface area contributed by atoms with Crippen LogP contribution in [0, 0.1) is 11.6 Å². The van der Waals surface area contributed by atoms with Gasteiger partial charge in [-0.05, 0) is 12.6 Å². The Morgan fingerprint density at radius 3 is 2.47 bits per heavy atom. The Morgan fingerprint density at radius 1 is 1.12 bits per heavy atom. The minimum Gasteiger partial charge on any atom is -0.494 e. The zero-order chi connectivity index (χ0) is 12.7. The molecule has 0 aliphatic heterocycles. The van der Waals surface area contributed by atoms with Crippen molar-refractivity contribution in [3.63, 3.8) is 0 Å². The number of methoxy groups -OCH3 is 1. The highest BCUT2D eigenvalue weighted by Gasteiger charge is 2.09. The SMILES string of the molecule is CCNCCNCc1cc(F)c(OC)cc1F. The van der Waals surface area contributed by atoms with E-state index in [9.17, 15) is 8.78 Å². The Labute approximate surface area is 100 Å². The van der Waals surface area contributed by atoms with Gasteiger partial charge in [0, 0.05) is 31.3 Å². The number of ether oxygens (including phenoxy) is 1. The third-order valence-electron chi connectivity index (χ3n) is 2.36. The summed E-state index contributed by atoms with van der Waals surface area (Å²) in [7, 11) is 1.31. The Hall–Kier alpha value is -1.20. The first-order valence-corrected chi connectivity index (χ1v) is 5.62. The zero-order valence-corrected chi connectivity index (χ0v) is 10.1. The third-order valence-corrected chi connectivity index (χ3v) is 2.36. The second kappa shape index (κ2) is 7.19. The molecule has 5 heteroatoms. The predicted octanol–water partition coefficient (Wildman–Crippen LogP) is 1.67. The minimum atomic E-state index is -0.544. The van der Waals surface area contributed by atoms with Crippen molar-refractivity contribution >= 4 is 0 Å². The van der Waals surface area contributed by atoms with Crippen LogP contribution in [-0.4, -0.2) is 26.7 Å². The van der Waals surface area contributed by atoms with Crippen LogP contribution in [0.5, 0.6) is 5.75 Å². The molecule has 0 aromatic heterocycles. The van der Waals surface area contributed by atoms with Gasteiger partial charge in [0.2, 0.25) is 0 Å². The van der Waals surface area contributed by atoms with Gasteiger partial charge in [0.05, 0.1) is 7.11 Å². The predicted molar refractivity (Wildman–Crippen MR) is 63.2 cm³/mol. The molecule has 1 rings (SSSR count). The summed E-state index contributed by atoms with van der Waals surface area (Å²) in [6, 6.07) is 2.23. The van der Waals surface area contributed by atoms with E-state index in [1.807, 2.05) is 6.92 Å². The quantitative estimate of drug-likeness (QED) is 0.716. The molecule has 0 aliphatic rings. The zero-order valence-electron chi connectivity index (χ0n) is 10.1. The Balaban J connectivity index is 2.51. The number of benzene rings is 1. The van der Waals surface area contributed by atoms with Crippen molar-refractivity contribution in [1.82, 2.24) is 10.6 Å². The number of hydrogen-bond acceptors (Lipinski definition) is 3. The molecule has 1 aromatic rings. The largest absolute Gasteiger partial charge is 0.494 e. The van der Waals surface area contributed by atoms with Crippen LogP contribution in [0.2, 0.25) is 0 Å². The molecule has 0 heterocycles. The molecular formula is C12H18F2N2O. The van der Waals surface area contributed by atoms with Gasteiger partial charge >= 0.3 is 0 Å². The molecule has 17 heavy (non-hydrogen) atoms. The van der Waals surface area contributed by atoms with E-state index in [1.54, 1.807) is 0 Å². The molecule has 0 amide bonds. The average Bonchev–Trinajstić information content (AvgIpc) is 2.32. The first-order valence-electron chi connectivity index (χ1n) is 5.62. The summed E-state index contributed by atoms with van der Waals surface area (Å²) in [5.41, 5.74) is 0.305. The molecule has 0 spiro atoms. The maximum atomic E-state index is 13.5. The van der Waals surface area contributed by atoms with Gasteiger partial charge in [0.15, 0.2) is 11.6 Å². The molecule has 96 valence electrons. The number of rotatable bonds is 7. The van der Waals surface area contributed by atoms with Crippen LogP contribution >= 0.6 is 0 Å². The van der Waals surface area contributed by atoms with Crippen molar-refractivity contribution < 1.29 is 13.5 Å². The highest BCUT2D eigenvalue weighted by atomic mass is 19.1. The van der Waals surface area contributed by atoms with Crippen LogP contribution in [0.3, 0.4) is 0 Å². The van der Waals surface area contributed by atoms with Gasteiger partial charge in [-0.15, -0.1) is 0 Å². The van der Waals surface area contributed by atoms with Gasteiger partial charge in [-0.1, -0.05) is 6.92 Å². The van der Waals surface area contributed by atoms with Gasteiger partial charge in [0.25, 0.3) is 0 Å². The van der Waals surface area contributed by atoms with Gasteiger partial charge in [-0.2, -0.15) is 0 Å². The standard InChI is InChI=1S/C12H18F2N2O/c1-3-15-4-5-16-8-9-6-11(14)12(17-2)7-10(9)13/h6-7,15-16H,3-5,8H2,1-2H3. The number of likely N-dealkylation sites (N-methyl/N-ethyl adjacent to an activating group) is 1. The van der Waals surface area contributed by atoms with Crippen molar-refractivity contribution in [2.75, 3.05) is 26.7 Å². The second-order valence-corrected chi connectivity index (χ2v) is 3.61. The molecule has 0 fully saturated rings. The lowest BCUT2D eigenvalue weighted by atomic mass is 10.2. The fourth-order valence-corrected chi connectivity index (χ4v) is 1.44. The average molecular weight is 244 g/mol. The summed E-state index contributed by atoms with van der Waals surface area (Å²) >= 11 is 0. The summed E-state index contributed by atoms with van der Waals surface area (Å²) in [5, 5.41) is 6.16. The first kappa shape index (κ1) is 13.9. The maximum Gasteiger partial charge on any atom is 0.165 e. The summed E-state index contributed by atoms with van der Waals surface area (Å²) in [4.78, 5) is 0. The van der Waals surface area contributed by atoms with E-state index in [0.29, 0.717) is 18.7 Å². The van der Waals surface area contributed by atoms with Crippen LogP contribution in [-0.2, 0) is 6.54 Å². The molecular weight excluding hydrogens is 226 g/mol. The lowest BCUT2D eigenvalue weighted by Crippen LogP contribution is -2.27. The van der Waals surface area contributed by atoms with E-state index < -0.39 is 11.6 Å². The van der Waals surface area contributed by atoms with Crippen LogP contribution in [0.25, 0.3) is 0 Å². The molecule has 0 saturated carbocycles. The molecule has 1 aromatic carbocycles. The molecule has 0 unspecified atom stereocenters. The van der Waals surface area contributed by atoms with Crippen LogP contribution in [0.15, 0.2) is 12.1 Å². The molecule has 0 aliphatic carbocycles. The smallest absolute Gasteiger partial charge is 0.165 e. The number of hydrogen-bond donors (Lipinski definition) is 2. The summed E-state index contributed by atoms with van der Waals surface area (Å²) < 4.78 is 31.5. The monoisotopic (exact) mass is 244 g/mol. The highest BCUT2D eigenvalue weighted by molar-refractivity contribution is 5.30. The lowest BCUT2D eigenvalue weighted by Gasteiger charge is -2.08. The van der Waals surface area contributed by atoms with E-state index >= 15 is 0 Å². The maximum absolute atomic E-state index is 13.5. The van der Waals surface area contributed by atoms with Gasteiger partial charge in [0.1, 0.15) is 5.82 Å². The minimum absolute atomic E-state index is 0.0705. The number of nitrogens with one attached hydrogen (secondary N) is 2. The first-order chi connectivity index (χ1) is 8.19. The summed E-state index contributed by atoms with van der Waals surface area (Å²) in [6.45, 7) is 4.72. The van der Waals surface area contributed by atoms with Crippen LogP contribution in [0.1, 0.15) is 12.5 Å².